The van der Waals surface area contributed by atoms with E-state index in [1.165, 1.54) is 0 Å². The van der Waals surface area contributed by atoms with Crippen LogP contribution in [0.25, 0.3) is 0 Å². The molecule has 1 fully saturated rings. The molecule has 10 heavy (non-hydrogen) atoms. The van der Waals surface area contributed by atoms with E-state index in [0.717, 1.165) is 26.2 Å². The van der Waals surface area contributed by atoms with Gasteiger partial charge in [-0.1, -0.05) is 0 Å². The lowest BCUT2D eigenvalue weighted by Crippen LogP contribution is -2.44. The van der Waals surface area contributed by atoms with E-state index in [-0.39, 0.29) is 5.91 Å². The zero-order valence-electron chi connectivity index (χ0n) is 5.79. The van der Waals surface area contributed by atoms with Gasteiger partial charge in [-0.3, -0.25) is 4.79 Å². The Kier molecular flexibility index (Phi) is 3.02. The van der Waals surface area contributed by atoms with Crippen molar-refractivity contribution in [2.75, 3.05) is 31.9 Å². The molecule has 1 radical (unpaired) electrons. The van der Waals surface area contributed by atoms with Gasteiger partial charge in [0.05, 0.1) is 5.75 Å². The lowest BCUT2D eigenvalue weighted by molar-refractivity contribution is -0.128. The molecule has 1 aliphatic rings. The van der Waals surface area contributed by atoms with E-state index in [4.69, 9.17) is 0 Å². The van der Waals surface area contributed by atoms with Gasteiger partial charge in [-0.25, -0.2) is 5.32 Å². The molecule has 57 valence electrons. The molecule has 0 saturated carbocycles. The topological polar surface area (TPSA) is 34.4 Å². The zero-order chi connectivity index (χ0) is 7.40. The Hall–Kier alpha value is -0.220. The highest BCUT2D eigenvalue weighted by Gasteiger charge is 2.14. The van der Waals surface area contributed by atoms with E-state index < -0.39 is 0 Å². The van der Waals surface area contributed by atoms with Crippen LogP contribution >= 0.6 is 12.6 Å². The summed E-state index contributed by atoms with van der Waals surface area (Å²) in [7, 11) is 0. The highest BCUT2D eigenvalue weighted by Crippen LogP contribution is 1.94. The summed E-state index contributed by atoms with van der Waals surface area (Å²) in [5, 5.41) is 4.13. The van der Waals surface area contributed by atoms with E-state index in [9.17, 15) is 4.79 Å². The number of carbonyl (C=O) groups excluding carboxylic acids is 1. The molecule has 1 aliphatic heterocycles. The van der Waals surface area contributed by atoms with Crippen LogP contribution in [0.1, 0.15) is 0 Å². The molecule has 0 spiro atoms. The number of thiol groups is 1. The molecular formula is C6H11N2OS. The summed E-state index contributed by atoms with van der Waals surface area (Å²) in [4.78, 5) is 12.8. The highest BCUT2D eigenvalue weighted by atomic mass is 32.1. The fourth-order valence-electron chi connectivity index (χ4n) is 0.956. The normalized spacial score (nSPS) is 19.1. The van der Waals surface area contributed by atoms with Gasteiger partial charge in [-0.15, -0.1) is 0 Å². The Morgan fingerprint density at radius 2 is 2.10 bits per heavy atom. The molecule has 0 aliphatic carbocycles. The minimum atomic E-state index is 0.123. The minimum Gasteiger partial charge on any atom is -0.339 e. The number of hydrogen-bond donors (Lipinski definition) is 1. The molecular weight excluding hydrogens is 148 g/mol. The van der Waals surface area contributed by atoms with E-state index in [2.05, 4.69) is 17.9 Å². The lowest BCUT2D eigenvalue weighted by Gasteiger charge is -2.25. The van der Waals surface area contributed by atoms with Crippen LogP contribution in [0.4, 0.5) is 0 Å². The van der Waals surface area contributed by atoms with Crippen LogP contribution in [0.3, 0.4) is 0 Å². The van der Waals surface area contributed by atoms with Gasteiger partial charge in [0.15, 0.2) is 0 Å². The fourth-order valence-corrected chi connectivity index (χ4v) is 1.16. The summed E-state index contributed by atoms with van der Waals surface area (Å²) in [6, 6.07) is 0. The first-order valence-corrected chi connectivity index (χ1v) is 3.99. The second-order valence-electron chi connectivity index (χ2n) is 2.21. The number of amides is 1. The average Bonchev–Trinajstić information content (AvgIpc) is 2.05. The Morgan fingerprint density at radius 3 is 2.60 bits per heavy atom. The van der Waals surface area contributed by atoms with Gasteiger partial charge in [-0.05, 0) is 0 Å². The number of nitrogens with zero attached hydrogens (tertiary/aromatic N) is 2. The molecule has 0 aromatic carbocycles. The maximum absolute atomic E-state index is 11.0. The Morgan fingerprint density at radius 1 is 1.50 bits per heavy atom. The Labute approximate surface area is 66.2 Å². The van der Waals surface area contributed by atoms with Crippen molar-refractivity contribution in [3.63, 3.8) is 0 Å². The molecule has 1 amide bonds. The van der Waals surface area contributed by atoms with Crippen LogP contribution in [0, 0.1) is 0 Å². The van der Waals surface area contributed by atoms with Crippen LogP contribution in [0.15, 0.2) is 0 Å². The maximum atomic E-state index is 11.0. The van der Waals surface area contributed by atoms with Gasteiger partial charge < -0.3 is 4.90 Å². The third-order valence-electron chi connectivity index (χ3n) is 1.54. The lowest BCUT2D eigenvalue weighted by atomic mass is 10.3. The van der Waals surface area contributed by atoms with Crippen molar-refractivity contribution in [1.29, 1.82) is 0 Å². The van der Waals surface area contributed by atoms with Crippen LogP contribution < -0.4 is 5.32 Å². The molecule has 0 N–H and O–H groups in total. The standard InChI is InChI=1S/C6H11N2OS/c9-6(5-10)8-3-1-7-2-4-8/h10H,1-5H2. The maximum Gasteiger partial charge on any atom is 0.232 e. The summed E-state index contributed by atoms with van der Waals surface area (Å²) in [6.07, 6.45) is 0. The fraction of sp³-hybridized carbons (Fsp3) is 0.833. The van der Waals surface area contributed by atoms with Crippen molar-refractivity contribution in [1.82, 2.24) is 10.2 Å². The number of hydrogen-bond acceptors (Lipinski definition) is 2. The van der Waals surface area contributed by atoms with E-state index >= 15 is 0 Å². The molecule has 1 rings (SSSR count). The summed E-state index contributed by atoms with van der Waals surface area (Å²) in [5.41, 5.74) is 0. The molecule has 0 bridgehead atoms. The van der Waals surface area contributed by atoms with Crippen molar-refractivity contribution in [3.05, 3.63) is 0 Å². The van der Waals surface area contributed by atoms with Crippen LogP contribution in [-0.4, -0.2) is 42.7 Å². The van der Waals surface area contributed by atoms with Gasteiger partial charge in [0, 0.05) is 26.2 Å². The first-order valence-electron chi connectivity index (χ1n) is 3.36. The molecule has 0 unspecified atom stereocenters. The first kappa shape index (κ1) is 7.88. The number of rotatable bonds is 1. The second kappa shape index (κ2) is 3.83. The predicted octanol–water partition coefficient (Wildman–Crippen LogP) is -0.637. The predicted molar refractivity (Wildman–Crippen MR) is 42.3 cm³/mol. The van der Waals surface area contributed by atoms with Crippen molar-refractivity contribution in [2.45, 2.75) is 0 Å². The molecule has 1 saturated heterocycles. The Balaban J connectivity index is 2.31. The van der Waals surface area contributed by atoms with Crippen molar-refractivity contribution in [2.24, 2.45) is 0 Å². The summed E-state index contributed by atoms with van der Waals surface area (Å²) in [6.45, 7) is 3.14. The smallest absolute Gasteiger partial charge is 0.232 e. The van der Waals surface area contributed by atoms with Crippen LogP contribution in [0.5, 0.6) is 0 Å². The summed E-state index contributed by atoms with van der Waals surface area (Å²) < 4.78 is 0. The average molecular weight is 159 g/mol. The third kappa shape index (κ3) is 1.88. The highest BCUT2D eigenvalue weighted by molar-refractivity contribution is 7.81. The molecule has 4 heteroatoms. The Bertz CT molecular complexity index is 123. The van der Waals surface area contributed by atoms with Crippen LogP contribution in [0.2, 0.25) is 0 Å². The number of carbonyl (C=O) groups is 1. The SMILES string of the molecule is O=C(CS)N1CC[N]CC1. The van der Waals surface area contributed by atoms with Gasteiger partial charge in [0.25, 0.3) is 0 Å². The van der Waals surface area contributed by atoms with Crippen molar-refractivity contribution >= 4 is 18.5 Å². The molecule has 0 atom stereocenters. The third-order valence-corrected chi connectivity index (χ3v) is 1.81. The molecule has 0 aromatic heterocycles. The molecule has 0 aromatic rings. The number of piperazine rings is 1. The zero-order valence-corrected chi connectivity index (χ0v) is 6.68. The van der Waals surface area contributed by atoms with Crippen molar-refractivity contribution in [3.8, 4) is 0 Å². The van der Waals surface area contributed by atoms with E-state index in [1.807, 2.05) is 0 Å². The first-order chi connectivity index (χ1) is 4.84. The van der Waals surface area contributed by atoms with Gasteiger partial charge in [0.1, 0.15) is 0 Å². The molecule has 1 heterocycles. The van der Waals surface area contributed by atoms with E-state index in [1.54, 1.807) is 4.90 Å². The minimum absolute atomic E-state index is 0.123. The summed E-state index contributed by atoms with van der Waals surface area (Å²) >= 11 is 3.90. The molecule has 3 nitrogen and oxygen atoms in total. The van der Waals surface area contributed by atoms with E-state index in [0.29, 0.717) is 5.75 Å². The summed E-state index contributed by atoms with van der Waals surface area (Å²) in [5.74, 6) is 0.443. The largest absolute Gasteiger partial charge is 0.339 e. The monoisotopic (exact) mass is 159 g/mol. The van der Waals surface area contributed by atoms with Gasteiger partial charge in [-0.2, -0.15) is 12.6 Å². The van der Waals surface area contributed by atoms with Crippen LogP contribution in [-0.2, 0) is 4.79 Å². The van der Waals surface area contributed by atoms with Gasteiger partial charge >= 0.3 is 0 Å². The van der Waals surface area contributed by atoms with Gasteiger partial charge in [0.2, 0.25) is 5.91 Å². The quantitative estimate of drug-likeness (QED) is 0.508. The van der Waals surface area contributed by atoms with Crippen molar-refractivity contribution < 1.29 is 4.79 Å². The second-order valence-corrected chi connectivity index (χ2v) is 2.53.